The number of alkyl halides is 5. The Morgan fingerprint density at radius 2 is 1.82 bits per heavy atom. The molecule has 2 rings (SSSR count). The normalized spacial score (nSPS) is 17.7. The van der Waals surface area contributed by atoms with E-state index in [0.29, 0.717) is 11.3 Å². The molecule has 2 N–H and O–H groups in total. The number of ether oxygens (including phenoxy) is 2. The number of urea groups is 1. The summed E-state index contributed by atoms with van der Waals surface area (Å²) in [4.78, 5) is 24.2. The van der Waals surface area contributed by atoms with Crippen LogP contribution >= 0.6 is 0 Å². The number of hydrogen-bond donors (Lipinski definition) is 2. The van der Waals surface area contributed by atoms with Crippen molar-refractivity contribution in [3.63, 3.8) is 0 Å². The first-order chi connectivity index (χ1) is 13.0. The molecule has 0 saturated heterocycles. The molecule has 0 fully saturated rings. The van der Waals surface area contributed by atoms with Crippen LogP contribution < -0.4 is 15.4 Å². The summed E-state index contributed by atoms with van der Waals surface area (Å²) in [7, 11) is 0. The zero-order chi connectivity index (χ0) is 21.1. The number of hydrogen-bond acceptors (Lipinski definition) is 4. The van der Waals surface area contributed by atoms with Crippen molar-refractivity contribution in [2.24, 2.45) is 0 Å². The van der Waals surface area contributed by atoms with Crippen LogP contribution in [0.3, 0.4) is 0 Å². The van der Waals surface area contributed by atoms with Crippen molar-refractivity contribution in [2.75, 3.05) is 13.2 Å². The predicted molar refractivity (Wildman–Crippen MR) is 86.7 cm³/mol. The molecule has 0 spiro atoms. The Kier molecular flexibility index (Phi) is 6.15. The predicted octanol–water partition coefficient (Wildman–Crippen LogP) is 3.45. The minimum Gasteiger partial charge on any atom is -0.494 e. The molecule has 1 atom stereocenters. The fourth-order valence-electron chi connectivity index (χ4n) is 2.52. The molecule has 1 aliphatic heterocycles. The van der Waals surface area contributed by atoms with Gasteiger partial charge in [0.2, 0.25) is 0 Å². The molecule has 0 bridgehead atoms. The zero-order valence-electron chi connectivity index (χ0n) is 14.8. The Balaban J connectivity index is 2.35. The van der Waals surface area contributed by atoms with Gasteiger partial charge in [0.25, 0.3) is 0 Å². The van der Waals surface area contributed by atoms with Gasteiger partial charge >= 0.3 is 24.1 Å². The summed E-state index contributed by atoms with van der Waals surface area (Å²) in [6.07, 6.45) is -5.86. The van der Waals surface area contributed by atoms with Gasteiger partial charge in [-0.2, -0.15) is 22.0 Å². The number of allylic oxidation sites excluding steroid dienone is 1. The van der Waals surface area contributed by atoms with E-state index in [1.807, 2.05) is 0 Å². The molecule has 1 heterocycles. The van der Waals surface area contributed by atoms with Gasteiger partial charge in [0.15, 0.2) is 6.61 Å². The maximum atomic E-state index is 13.1. The summed E-state index contributed by atoms with van der Waals surface area (Å²) in [6.45, 7) is 1.08. The smallest absolute Gasteiger partial charge is 0.456 e. The van der Waals surface area contributed by atoms with Crippen molar-refractivity contribution in [1.29, 1.82) is 0 Å². The molecule has 11 heteroatoms. The molecule has 6 nitrogen and oxygen atoms in total. The van der Waals surface area contributed by atoms with Gasteiger partial charge in [-0.1, -0.05) is 18.2 Å². The van der Waals surface area contributed by atoms with Gasteiger partial charge in [-0.25, -0.2) is 9.59 Å². The fraction of sp³-hybridized carbons (Fsp3) is 0.412. The van der Waals surface area contributed by atoms with Gasteiger partial charge < -0.3 is 20.1 Å². The van der Waals surface area contributed by atoms with Crippen LogP contribution in [0, 0.1) is 0 Å². The van der Waals surface area contributed by atoms with Crippen LogP contribution in [0.2, 0.25) is 0 Å². The Morgan fingerprint density at radius 1 is 1.18 bits per heavy atom. The molecule has 28 heavy (non-hydrogen) atoms. The number of carbonyl (C=O) groups excluding carboxylic acids is 2. The first-order valence-corrected chi connectivity index (χ1v) is 8.09. The molecular weight excluding hydrogens is 391 g/mol. The molecule has 2 amide bonds. The lowest BCUT2D eigenvalue weighted by Crippen LogP contribution is -2.46. The van der Waals surface area contributed by atoms with Crippen LogP contribution in [0.4, 0.5) is 26.7 Å². The highest BCUT2D eigenvalue weighted by Crippen LogP contribution is 2.37. The number of amides is 2. The van der Waals surface area contributed by atoms with E-state index in [1.54, 1.807) is 25.1 Å². The molecule has 1 aromatic carbocycles. The number of benzene rings is 1. The number of esters is 1. The van der Waals surface area contributed by atoms with Gasteiger partial charge in [-0.05, 0) is 19.9 Å². The SMILES string of the molecule is CCOc1ccccc1C1NC(=O)NC(C)=C1C(=O)OCC(F)(F)C(F)(F)F. The Bertz CT molecular complexity index is 792. The van der Waals surface area contributed by atoms with E-state index in [0.717, 1.165) is 0 Å². The molecule has 0 aromatic heterocycles. The van der Waals surface area contributed by atoms with E-state index in [-0.39, 0.29) is 17.9 Å². The number of rotatable bonds is 6. The second-order valence-corrected chi connectivity index (χ2v) is 5.82. The average molecular weight is 408 g/mol. The zero-order valence-corrected chi connectivity index (χ0v) is 14.8. The molecule has 154 valence electrons. The van der Waals surface area contributed by atoms with Crippen LogP contribution in [0.5, 0.6) is 5.75 Å². The largest absolute Gasteiger partial charge is 0.494 e. The Hall–Kier alpha value is -2.85. The molecule has 0 radical (unpaired) electrons. The number of para-hydroxylation sites is 1. The fourth-order valence-corrected chi connectivity index (χ4v) is 2.52. The first-order valence-electron chi connectivity index (χ1n) is 8.09. The summed E-state index contributed by atoms with van der Waals surface area (Å²) in [6, 6.07) is 4.45. The van der Waals surface area contributed by atoms with E-state index in [9.17, 15) is 31.5 Å². The van der Waals surface area contributed by atoms with Crippen molar-refractivity contribution in [3.05, 3.63) is 41.1 Å². The average Bonchev–Trinajstić information content (AvgIpc) is 2.59. The van der Waals surface area contributed by atoms with E-state index in [4.69, 9.17) is 4.74 Å². The van der Waals surface area contributed by atoms with E-state index >= 15 is 0 Å². The second kappa shape index (κ2) is 8.03. The maximum absolute atomic E-state index is 13.1. The number of halogens is 5. The monoisotopic (exact) mass is 408 g/mol. The van der Waals surface area contributed by atoms with Crippen molar-refractivity contribution >= 4 is 12.0 Å². The summed E-state index contributed by atoms with van der Waals surface area (Å²) < 4.78 is 72.7. The van der Waals surface area contributed by atoms with Crippen LogP contribution in [-0.2, 0) is 9.53 Å². The Labute approximate surface area is 156 Å². The van der Waals surface area contributed by atoms with E-state index < -0.39 is 36.7 Å². The lowest BCUT2D eigenvalue weighted by atomic mass is 9.95. The van der Waals surface area contributed by atoms with Gasteiger partial charge in [0, 0.05) is 11.3 Å². The van der Waals surface area contributed by atoms with Crippen molar-refractivity contribution < 1.29 is 41.0 Å². The summed E-state index contributed by atoms with van der Waals surface area (Å²) in [5.41, 5.74) is -0.0433. The molecular formula is C17H17F5N2O4. The number of nitrogens with one attached hydrogen (secondary N) is 2. The van der Waals surface area contributed by atoms with Crippen molar-refractivity contribution in [1.82, 2.24) is 10.6 Å². The van der Waals surface area contributed by atoms with Gasteiger partial charge in [-0.15, -0.1) is 0 Å². The van der Waals surface area contributed by atoms with Gasteiger partial charge in [-0.3, -0.25) is 0 Å². The number of carbonyl (C=O) groups is 2. The third-order valence-electron chi connectivity index (χ3n) is 3.82. The second-order valence-electron chi connectivity index (χ2n) is 5.82. The van der Waals surface area contributed by atoms with Crippen molar-refractivity contribution in [2.45, 2.75) is 32.0 Å². The van der Waals surface area contributed by atoms with E-state index in [2.05, 4.69) is 15.4 Å². The third kappa shape index (κ3) is 4.52. The van der Waals surface area contributed by atoms with E-state index in [1.165, 1.54) is 13.0 Å². The van der Waals surface area contributed by atoms with Crippen LogP contribution in [0.15, 0.2) is 35.5 Å². The van der Waals surface area contributed by atoms with Crippen LogP contribution in [-0.4, -0.2) is 37.3 Å². The minimum atomic E-state index is -5.86. The van der Waals surface area contributed by atoms with Gasteiger partial charge in [0.05, 0.1) is 18.2 Å². The summed E-state index contributed by atoms with van der Waals surface area (Å²) >= 11 is 0. The summed E-state index contributed by atoms with van der Waals surface area (Å²) in [5.74, 6) is -6.33. The highest BCUT2D eigenvalue weighted by Gasteiger charge is 2.58. The quantitative estimate of drug-likeness (QED) is 0.559. The van der Waals surface area contributed by atoms with Crippen LogP contribution in [0.25, 0.3) is 0 Å². The molecule has 0 saturated carbocycles. The van der Waals surface area contributed by atoms with Crippen molar-refractivity contribution in [3.8, 4) is 5.75 Å². The first kappa shape index (κ1) is 21.5. The maximum Gasteiger partial charge on any atom is 0.456 e. The summed E-state index contributed by atoms with van der Waals surface area (Å²) in [5, 5.41) is 4.69. The van der Waals surface area contributed by atoms with Gasteiger partial charge in [0.1, 0.15) is 5.75 Å². The lowest BCUT2D eigenvalue weighted by Gasteiger charge is -2.29. The minimum absolute atomic E-state index is 0.0413. The highest BCUT2D eigenvalue weighted by atomic mass is 19.4. The topological polar surface area (TPSA) is 76.7 Å². The highest BCUT2D eigenvalue weighted by molar-refractivity contribution is 5.95. The molecule has 1 aliphatic rings. The Morgan fingerprint density at radius 3 is 2.43 bits per heavy atom. The standard InChI is InChI=1S/C17H17F5N2O4/c1-3-27-11-7-5-4-6-10(11)13-12(9(2)23-15(26)24-13)14(25)28-8-16(18,19)17(20,21)22/h4-7,13H,3,8H2,1-2H3,(H2,23,24,26). The molecule has 0 aliphatic carbocycles. The molecule has 1 unspecified atom stereocenters. The van der Waals surface area contributed by atoms with Crippen LogP contribution in [0.1, 0.15) is 25.5 Å². The third-order valence-corrected chi connectivity index (χ3v) is 3.82. The molecule has 1 aromatic rings. The lowest BCUT2D eigenvalue weighted by molar-refractivity contribution is -0.293.